The molecule has 3 heterocycles. The highest BCUT2D eigenvalue weighted by atomic mass is 16.5. The van der Waals surface area contributed by atoms with Gasteiger partial charge in [-0.1, -0.05) is 26.8 Å². The lowest BCUT2D eigenvalue weighted by Gasteiger charge is -2.42. The van der Waals surface area contributed by atoms with Crippen LogP contribution in [-0.2, 0) is 16.6 Å². The van der Waals surface area contributed by atoms with E-state index in [-0.39, 0.29) is 29.7 Å². The zero-order chi connectivity index (χ0) is 36.5. The quantitative estimate of drug-likeness (QED) is 0.567. The summed E-state index contributed by atoms with van der Waals surface area (Å²) in [6.45, 7) is -15.3. The lowest BCUT2D eigenvalue weighted by atomic mass is 9.70. The van der Waals surface area contributed by atoms with Crippen LogP contribution in [0.1, 0.15) is 89.7 Å². The van der Waals surface area contributed by atoms with Crippen molar-refractivity contribution < 1.29 is 27.4 Å². The van der Waals surface area contributed by atoms with Gasteiger partial charge in [-0.05, 0) is 54.7 Å². The van der Waals surface area contributed by atoms with Crippen molar-refractivity contribution in [2.24, 2.45) is 0 Å². The molecule has 2 aliphatic heterocycles. The fourth-order valence-electron chi connectivity index (χ4n) is 5.24. The van der Waals surface area contributed by atoms with Crippen molar-refractivity contribution in [3.05, 3.63) is 63.8 Å². The van der Waals surface area contributed by atoms with Gasteiger partial charge in [-0.25, -0.2) is 0 Å². The SMILES string of the molecule is [2H]CCc1cc2c(cc1N1C([2H])([2H])CC(N3C([2H])([2H])C([2H])([2H])OC([2H])([2H])C3([2H])[2H])CC1([2H])[2H])C(C)(C)c1[nH]c3cc(C#N)ccc3c1C2=O. The molecular weight excluding hydrogens is 448 g/mol. The van der Waals surface area contributed by atoms with Crippen molar-refractivity contribution in [3.63, 3.8) is 0 Å². The number of aromatic amines is 1. The Kier molecular flexibility index (Phi) is 3.14. The van der Waals surface area contributed by atoms with Crippen LogP contribution in [0.5, 0.6) is 0 Å². The van der Waals surface area contributed by atoms with Gasteiger partial charge in [0.1, 0.15) is 0 Å². The molecule has 2 fully saturated rings. The number of ketones is 1. The van der Waals surface area contributed by atoms with Gasteiger partial charge in [-0.3, -0.25) is 9.69 Å². The maximum atomic E-state index is 14.1. The fourth-order valence-corrected chi connectivity index (χ4v) is 5.24. The van der Waals surface area contributed by atoms with Gasteiger partial charge in [0.2, 0.25) is 0 Å². The number of nitriles is 1. The minimum Gasteiger partial charge on any atom is -0.379 e. The summed E-state index contributed by atoms with van der Waals surface area (Å²) in [5.74, 6) is -0.330. The molecule has 2 saturated heterocycles. The Labute approximate surface area is 231 Å². The molecule has 6 nitrogen and oxygen atoms in total. The van der Waals surface area contributed by atoms with Crippen LogP contribution < -0.4 is 4.90 Å². The van der Waals surface area contributed by atoms with E-state index in [9.17, 15) is 10.1 Å². The molecule has 186 valence electrons. The van der Waals surface area contributed by atoms with Crippen LogP contribution in [0.3, 0.4) is 0 Å². The lowest BCUT2D eigenvalue weighted by molar-refractivity contribution is 0.0115. The van der Waals surface area contributed by atoms with Crippen LogP contribution in [-0.4, -0.2) is 60.8 Å². The zero-order valence-electron chi connectivity index (χ0n) is 33.0. The van der Waals surface area contributed by atoms with Gasteiger partial charge in [0.25, 0.3) is 0 Å². The van der Waals surface area contributed by atoms with Gasteiger partial charge in [-0.2, -0.15) is 5.26 Å². The molecule has 3 aromatic rings. The van der Waals surface area contributed by atoms with Crippen LogP contribution in [0.15, 0.2) is 30.3 Å². The highest BCUT2D eigenvalue weighted by molar-refractivity contribution is 6.20. The predicted octanol–water partition coefficient (Wildman–Crippen LogP) is 4.77. The number of hydrogen-bond donors (Lipinski definition) is 1. The molecule has 36 heavy (non-hydrogen) atoms. The summed E-state index contributed by atoms with van der Waals surface area (Å²) in [5.41, 5.74) is 2.15. The summed E-state index contributed by atoms with van der Waals surface area (Å²) >= 11 is 0. The molecule has 0 saturated carbocycles. The summed E-state index contributed by atoms with van der Waals surface area (Å²) in [4.78, 5) is 18.5. The third kappa shape index (κ3) is 3.56. The highest BCUT2D eigenvalue weighted by Gasteiger charge is 2.40. The second-order valence-corrected chi connectivity index (χ2v) is 9.59. The van der Waals surface area contributed by atoms with Crippen LogP contribution in [0, 0.1) is 11.3 Å². The lowest BCUT2D eigenvalue weighted by Crippen LogP contribution is -2.49. The average molecular weight is 496 g/mol. The minimum absolute atomic E-state index is 0.0175. The molecule has 2 aromatic carbocycles. The average Bonchev–Trinajstić information content (AvgIpc) is 3.34. The largest absolute Gasteiger partial charge is 0.379 e. The van der Waals surface area contributed by atoms with Crippen molar-refractivity contribution in [1.82, 2.24) is 9.88 Å². The molecule has 6 rings (SSSR count). The number of benzene rings is 2. The third-order valence-electron chi connectivity index (χ3n) is 7.20. The smallest absolute Gasteiger partial charge is 0.195 e. The maximum absolute atomic E-state index is 14.1. The number of piperidine rings is 1. The van der Waals surface area contributed by atoms with Crippen molar-refractivity contribution in [2.75, 3.05) is 44.0 Å². The van der Waals surface area contributed by atoms with E-state index >= 15 is 0 Å². The van der Waals surface area contributed by atoms with E-state index in [1.54, 1.807) is 24.3 Å². The maximum Gasteiger partial charge on any atom is 0.195 e. The number of rotatable bonds is 3. The van der Waals surface area contributed by atoms with Gasteiger partial charge in [0.05, 0.1) is 35.8 Å². The summed E-state index contributed by atoms with van der Waals surface area (Å²) in [6.07, 6.45) is -1.50. The highest BCUT2D eigenvalue weighted by Crippen LogP contribution is 2.46. The topological polar surface area (TPSA) is 72.4 Å². The standard InChI is InChI=1S/C30H34N4O2/c1-4-20-16-23-24(17-26(20)34-9-7-21(8-10-34)33-11-13-36-14-12-33)30(2,3)29-27(28(23)35)22-6-5-19(18-31)15-25(22)32-29/h5-6,15-17,21,32H,4,7-14H2,1-3H3/i1D,9D2,10D2,11D2,12D2,13D2,14D2. The van der Waals surface area contributed by atoms with Crippen molar-refractivity contribution in [2.45, 2.75) is 51.5 Å². The molecule has 1 N–H and O–H groups in total. The number of nitrogens with one attached hydrogen (secondary N) is 1. The number of nitrogens with zero attached hydrogens (tertiary/aromatic N) is 3. The number of H-pyrrole nitrogens is 1. The van der Waals surface area contributed by atoms with E-state index in [1.807, 2.05) is 13.8 Å². The second kappa shape index (κ2) is 8.76. The Bertz CT molecular complexity index is 1890. The Morgan fingerprint density at radius 2 is 1.97 bits per heavy atom. The Morgan fingerprint density at radius 1 is 1.19 bits per heavy atom. The molecule has 1 aromatic heterocycles. The first kappa shape index (κ1) is 12.9. The first-order valence-electron chi connectivity index (χ1n) is 18.4. The molecule has 0 spiro atoms. The van der Waals surface area contributed by atoms with Gasteiger partial charge in [0, 0.05) is 77.6 Å². The molecule has 0 unspecified atom stereocenters. The summed E-state index contributed by atoms with van der Waals surface area (Å²) in [6, 6.07) is 8.45. The van der Waals surface area contributed by atoms with E-state index < -0.39 is 63.4 Å². The van der Waals surface area contributed by atoms with Gasteiger partial charge < -0.3 is 14.6 Å². The molecule has 0 amide bonds. The third-order valence-corrected chi connectivity index (χ3v) is 7.20. The summed E-state index contributed by atoms with van der Waals surface area (Å²) in [5, 5.41) is 10.0. The molecule has 6 heteroatoms. The predicted molar refractivity (Wildman–Crippen MR) is 142 cm³/mol. The number of ether oxygens (including phenoxy) is 1. The summed E-state index contributed by atoms with van der Waals surface area (Å²) < 4.78 is 115. The molecule has 0 atom stereocenters. The fraction of sp³-hybridized carbons (Fsp3) is 0.467. The van der Waals surface area contributed by atoms with E-state index in [1.165, 1.54) is 6.07 Å². The molecular formula is C30H34N4O2. The first-order chi connectivity index (χ1) is 22.4. The van der Waals surface area contributed by atoms with E-state index in [4.69, 9.17) is 17.8 Å². The van der Waals surface area contributed by atoms with Crippen LogP contribution in [0.2, 0.25) is 0 Å². The molecule has 0 bridgehead atoms. The van der Waals surface area contributed by atoms with E-state index in [2.05, 4.69) is 15.8 Å². The number of carbonyl (C=O) groups is 1. The first-order valence-corrected chi connectivity index (χ1v) is 11.7. The molecule has 0 radical (unpaired) electrons. The normalized spacial score (nSPS) is 34.0. The minimum atomic E-state index is -3.38. The summed E-state index contributed by atoms with van der Waals surface area (Å²) in [7, 11) is 0. The van der Waals surface area contributed by atoms with Crippen LogP contribution >= 0.6 is 0 Å². The monoisotopic (exact) mass is 495 g/mol. The number of aromatic nitrogens is 1. The Morgan fingerprint density at radius 3 is 2.69 bits per heavy atom. The van der Waals surface area contributed by atoms with Gasteiger partial charge >= 0.3 is 0 Å². The second-order valence-electron chi connectivity index (χ2n) is 9.59. The van der Waals surface area contributed by atoms with Gasteiger partial charge in [-0.15, -0.1) is 0 Å². The molecule has 1 aliphatic carbocycles. The number of fused-ring (bicyclic) bond motifs is 4. The number of hydrogen-bond acceptors (Lipinski definition) is 5. The van der Waals surface area contributed by atoms with Crippen LogP contribution in [0.25, 0.3) is 10.9 Å². The Balaban J connectivity index is 1.49. The number of anilines is 1. The van der Waals surface area contributed by atoms with Crippen molar-refractivity contribution in [1.29, 1.82) is 5.26 Å². The van der Waals surface area contributed by atoms with E-state index in [0.29, 0.717) is 44.4 Å². The Hall–Kier alpha value is -3.14. The van der Waals surface area contributed by atoms with E-state index in [0.717, 1.165) is 4.90 Å². The molecule has 3 aliphatic rings. The van der Waals surface area contributed by atoms with Gasteiger partial charge in [0.15, 0.2) is 5.78 Å². The number of morpholine rings is 1. The number of carbonyl (C=O) groups excluding carboxylic acids is 1. The zero-order valence-corrected chi connectivity index (χ0v) is 20.0. The van der Waals surface area contributed by atoms with Crippen LogP contribution in [0.4, 0.5) is 5.69 Å². The van der Waals surface area contributed by atoms with Crippen molar-refractivity contribution >= 4 is 22.4 Å². The number of aryl methyl sites for hydroxylation is 1. The van der Waals surface area contributed by atoms with Crippen molar-refractivity contribution in [3.8, 4) is 6.07 Å².